The normalized spacial score (nSPS) is 12.1. The Hall–Kier alpha value is -4.07. The van der Waals surface area contributed by atoms with Gasteiger partial charge in [0.1, 0.15) is 13.2 Å². The summed E-state index contributed by atoms with van der Waals surface area (Å²) in [5, 5.41) is 4.72. The van der Waals surface area contributed by atoms with Crippen molar-refractivity contribution in [2.45, 2.75) is 6.42 Å². The highest BCUT2D eigenvalue weighted by Crippen LogP contribution is 2.30. The molecule has 31 heavy (non-hydrogen) atoms. The molecule has 0 aromatic heterocycles. The Morgan fingerprint density at radius 2 is 1.45 bits per heavy atom. The zero-order valence-electron chi connectivity index (χ0n) is 16.6. The van der Waals surface area contributed by atoms with Crippen molar-refractivity contribution in [2.75, 3.05) is 19.8 Å². The SMILES string of the molecule is O=C(CCNC(=O)c1ccc2ccccc2c1)NNC(=O)c1ccc2c(c1)OCCO2. The van der Waals surface area contributed by atoms with Crippen LogP contribution in [0.2, 0.25) is 0 Å². The molecule has 0 atom stereocenters. The molecule has 1 heterocycles. The van der Waals surface area contributed by atoms with E-state index < -0.39 is 11.8 Å². The van der Waals surface area contributed by atoms with Crippen molar-refractivity contribution in [3.05, 3.63) is 71.8 Å². The summed E-state index contributed by atoms with van der Waals surface area (Å²) in [4.78, 5) is 36.5. The summed E-state index contributed by atoms with van der Waals surface area (Å²) in [6, 6.07) is 18.0. The summed E-state index contributed by atoms with van der Waals surface area (Å²) in [5.74, 6) is -0.107. The van der Waals surface area contributed by atoms with Gasteiger partial charge in [-0.1, -0.05) is 30.3 Å². The molecule has 0 unspecified atom stereocenters. The fourth-order valence-corrected chi connectivity index (χ4v) is 3.17. The zero-order valence-corrected chi connectivity index (χ0v) is 16.6. The Balaban J connectivity index is 1.22. The van der Waals surface area contributed by atoms with Crippen LogP contribution in [0.15, 0.2) is 60.7 Å². The van der Waals surface area contributed by atoms with E-state index in [1.54, 1.807) is 30.3 Å². The molecule has 1 aliphatic heterocycles. The van der Waals surface area contributed by atoms with E-state index in [9.17, 15) is 14.4 Å². The molecule has 4 rings (SSSR count). The molecule has 8 heteroatoms. The van der Waals surface area contributed by atoms with Crippen molar-refractivity contribution in [2.24, 2.45) is 0 Å². The number of fused-ring (bicyclic) bond motifs is 2. The average molecular weight is 419 g/mol. The number of amides is 3. The van der Waals surface area contributed by atoms with Gasteiger partial charge >= 0.3 is 0 Å². The van der Waals surface area contributed by atoms with Crippen LogP contribution in [-0.4, -0.2) is 37.5 Å². The number of hydrogen-bond donors (Lipinski definition) is 3. The number of benzene rings is 3. The summed E-state index contributed by atoms with van der Waals surface area (Å²) in [6.45, 7) is 1.02. The molecule has 1 aliphatic rings. The van der Waals surface area contributed by atoms with Crippen LogP contribution >= 0.6 is 0 Å². The monoisotopic (exact) mass is 419 g/mol. The van der Waals surface area contributed by atoms with Gasteiger partial charge in [-0.15, -0.1) is 0 Å². The van der Waals surface area contributed by atoms with Gasteiger partial charge < -0.3 is 14.8 Å². The van der Waals surface area contributed by atoms with Gasteiger partial charge in [0.15, 0.2) is 11.5 Å². The molecule has 3 amide bonds. The fraction of sp³-hybridized carbons (Fsp3) is 0.174. The minimum Gasteiger partial charge on any atom is -0.486 e. The highest BCUT2D eigenvalue weighted by Gasteiger charge is 2.15. The molecule has 0 bridgehead atoms. The van der Waals surface area contributed by atoms with Gasteiger partial charge in [0.05, 0.1) is 0 Å². The Bertz CT molecular complexity index is 1150. The maximum atomic E-state index is 12.3. The Labute approximate surface area is 178 Å². The molecule has 0 aliphatic carbocycles. The molecule has 0 saturated carbocycles. The third-order valence-electron chi connectivity index (χ3n) is 4.77. The minimum absolute atomic E-state index is 0.0146. The Morgan fingerprint density at radius 1 is 0.742 bits per heavy atom. The highest BCUT2D eigenvalue weighted by molar-refractivity contribution is 5.99. The molecule has 0 radical (unpaired) electrons. The van der Waals surface area contributed by atoms with Gasteiger partial charge in [0.2, 0.25) is 5.91 Å². The van der Waals surface area contributed by atoms with Crippen LogP contribution < -0.4 is 25.6 Å². The van der Waals surface area contributed by atoms with Gasteiger partial charge in [-0.3, -0.25) is 25.2 Å². The Morgan fingerprint density at radius 3 is 2.29 bits per heavy atom. The van der Waals surface area contributed by atoms with Crippen LogP contribution in [0.4, 0.5) is 0 Å². The lowest BCUT2D eigenvalue weighted by molar-refractivity contribution is -0.121. The van der Waals surface area contributed by atoms with Crippen molar-refractivity contribution >= 4 is 28.5 Å². The van der Waals surface area contributed by atoms with Crippen molar-refractivity contribution in [1.29, 1.82) is 0 Å². The van der Waals surface area contributed by atoms with Crippen molar-refractivity contribution < 1.29 is 23.9 Å². The number of nitrogens with one attached hydrogen (secondary N) is 3. The summed E-state index contributed by atoms with van der Waals surface area (Å²) < 4.78 is 10.9. The van der Waals surface area contributed by atoms with Gasteiger partial charge in [-0.05, 0) is 41.1 Å². The smallest absolute Gasteiger partial charge is 0.269 e. The predicted octanol–water partition coefficient (Wildman–Crippen LogP) is 2.19. The zero-order chi connectivity index (χ0) is 21.6. The number of hydrogen-bond acceptors (Lipinski definition) is 5. The summed E-state index contributed by atoms with van der Waals surface area (Å²) in [7, 11) is 0. The van der Waals surface area contributed by atoms with Gasteiger partial charge in [-0.25, -0.2) is 0 Å². The van der Waals surface area contributed by atoms with E-state index in [-0.39, 0.29) is 18.9 Å². The van der Waals surface area contributed by atoms with Crippen LogP contribution in [0.3, 0.4) is 0 Å². The lowest BCUT2D eigenvalue weighted by Crippen LogP contribution is -2.42. The second-order valence-corrected chi connectivity index (χ2v) is 6.93. The lowest BCUT2D eigenvalue weighted by atomic mass is 10.1. The molecule has 0 fully saturated rings. The van der Waals surface area contributed by atoms with Crippen LogP contribution in [0.5, 0.6) is 11.5 Å². The first-order valence-electron chi connectivity index (χ1n) is 9.86. The van der Waals surface area contributed by atoms with E-state index in [1.165, 1.54) is 0 Å². The van der Waals surface area contributed by atoms with Gasteiger partial charge in [0, 0.05) is 24.1 Å². The molecule has 0 spiro atoms. The highest BCUT2D eigenvalue weighted by atomic mass is 16.6. The number of carbonyl (C=O) groups is 3. The van der Waals surface area contributed by atoms with E-state index >= 15 is 0 Å². The topological polar surface area (TPSA) is 106 Å². The molecular weight excluding hydrogens is 398 g/mol. The number of rotatable bonds is 5. The van der Waals surface area contributed by atoms with Crippen molar-refractivity contribution in [3.63, 3.8) is 0 Å². The molecule has 3 aromatic carbocycles. The van der Waals surface area contributed by atoms with E-state index in [0.717, 1.165) is 10.8 Å². The van der Waals surface area contributed by atoms with Crippen LogP contribution in [0.25, 0.3) is 10.8 Å². The summed E-state index contributed by atoms with van der Waals surface area (Å²) in [6.07, 6.45) is 0.0146. The van der Waals surface area contributed by atoms with Crippen LogP contribution in [0, 0.1) is 0 Å². The average Bonchev–Trinajstić information content (AvgIpc) is 2.81. The molecule has 158 valence electrons. The lowest BCUT2D eigenvalue weighted by Gasteiger charge is -2.18. The summed E-state index contributed by atoms with van der Waals surface area (Å²) in [5.41, 5.74) is 5.53. The fourth-order valence-electron chi connectivity index (χ4n) is 3.17. The Kier molecular flexibility index (Phi) is 5.98. The largest absolute Gasteiger partial charge is 0.486 e. The quantitative estimate of drug-likeness (QED) is 0.550. The first-order chi connectivity index (χ1) is 15.1. The number of ether oxygens (including phenoxy) is 2. The summed E-state index contributed by atoms with van der Waals surface area (Å²) >= 11 is 0. The van der Waals surface area contributed by atoms with E-state index in [1.807, 2.05) is 30.3 Å². The predicted molar refractivity (Wildman–Crippen MR) is 114 cm³/mol. The standard InChI is InChI=1S/C23H21N3O5/c27-21(25-26-23(29)18-7-8-19-20(14-18)31-12-11-30-19)9-10-24-22(28)17-6-5-15-3-1-2-4-16(15)13-17/h1-8,13-14H,9-12H2,(H,24,28)(H,25,27)(H,26,29). The molecular formula is C23H21N3O5. The maximum absolute atomic E-state index is 12.3. The van der Waals surface area contributed by atoms with E-state index in [0.29, 0.717) is 35.8 Å². The van der Waals surface area contributed by atoms with Gasteiger partial charge in [0.25, 0.3) is 11.8 Å². The van der Waals surface area contributed by atoms with E-state index in [4.69, 9.17) is 9.47 Å². The third-order valence-corrected chi connectivity index (χ3v) is 4.77. The first kappa shape index (κ1) is 20.2. The molecule has 3 aromatic rings. The molecule has 0 saturated heterocycles. The van der Waals surface area contributed by atoms with Crippen LogP contribution in [0.1, 0.15) is 27.1 Å². The number of hydrazine groups is 1. The second-order valence-electron chi connectivity index (χ2n) is 6.93. The molecule has 8 nitrogen and oxygen atoms in total. The van der Waals surface area contributed by atoms with E-state index in [2.05, 4.69) is 16.2 Å². The molecule has 3 N–H and O–H groups in total. The first-order valence-corrected chi connectivity index (χ1v) is 9.86. The van der Waals surface area contributed by atoms with Crippen LogP contribution in [-0.2, 0) is 4.79 Å². The second kappa shape index (κ2) is 9.17. The van der Waals surface area contributed by atoms with Gasteiger partial charge in [-0.2, -0.15) is 0 Å². The number of carbonyl (C=O) groups excluding carboxylic acids is 3. The minimum atomic E-state index is -0.481. The third kappa shape index (κ3) is 4.92. The maximum Gasteiger partial charge on any atom is 0.269 e. The van der Waals surface area contributed by atoms with Crippen molar-refractivity contribution in [1.82, 2.24) is 16.2 Å². The van der Waals surface area contributed by atoms with Crippen molar-refractivity contribution in [3.8, 4) is 11.5 Å².